The first kappa shape index (κ1) is 10.2. The van der Waals surface area contributed by atoms with Gasteiger partial charge < -0.3 is 11.5 Å². The molecule has 1 aromatic rings. The fraction of sp³-hybridized carbons (Fsp3) is 0.400. The Morgan fingerprint density at radius 2 is 2.15 bits per heavy atom. The second-order valence-electron chi connectivity index (χ2n) is 3.01. The van der Waals surface area contributed by atoms with Crippen LogP contribution in [0.15, 0.2) is 18.2 Å². The van der Waals surface area contributed by atoms with E-state index in [2.05, 4.69) is 0 Å². The van der Waals surface area contributed by atoms with Gasteiger partial charge in [0.1, 0.15) is 5.82 Å². The van der Waals surface area contributed by atoms with Crippen LogP contribution in [-0.4, -0.2) is 6.54 Å². The Morgan fingerprint density at radius 1 is 1.46 bits per heavy atom. The van der Waals surface area contributed by atoms with Gasteiger partial charge >= 0.3 is 0 Å². The van der Waals surface area contributed by atoms with E-state index >= 15 is 0 Å². The van der Waals surface area contributed by atoms with Crippen molar-refractivity contribution in [3.05, 3.63) is 35.1 Å². The average Bonchev–Trinajstić information content (AvgIpc) is 2.16. The van der Waals surface area contributed by atoms with Crippen LogP contribution in [0.2, 0.25) is 0 Å². The zero-order chi connectivity index (χ0) is 9.84. The molecule has 0 aliphatic heterocycles. The Kier molecular flexibility index (Phi) is 3.39. The third kappa shape index (κ3) is 2.05. The fourth-order valence-corrected chi connectivity index (χ4v) is 1.42. The summed E-state index contributed by atoms with van der Waals surface area (Å²) < 4.78 is 13.3. The maximum absolute atomic E-state index is 13.3. The molecule has 0 aliphatic rings. The molecule has 0 heterocycles. The molecule has 0 saturated heterocycles. The number of benzene rings is 1. The molecule has 0 fully saturated rings. The second kappa shape index (κ2) is 4.35. The van der Waals surface area contributed by atoms with E-state index in [1.54, 1.807) is 6.07 Å². The lowest BCUT2D eigenvalue weighted by molar-refractivity contribution is 0.579. The predicted octanol–water partition coefficient (Wildman–Crippen LogP) is 1.35. The molecule has 0 saturated carbocycles. The van der Waals surface area contributed by atoms with Crippen molar-refractivity contribution in [1.29, 1.82) is 0 Å². The molecule has 0 aromatic heterocycles. The average molecular weight is 182 g/mol. The molecule has 0 amide bonds. The van der Waals surface area contributed by atoms with Gasteiger partial charge in [-0.15, -0.1) is 0 Å². The van der Waals surface area contributed by atoms with E-state index in [1.165, 1.54) is 6.07 Å². The number of nitrogens with two attached hydrogens (primary N) is 2. The van der Waals surface area contributed by atoms with Gasteiger partial charge in [0.2, 0.25) is 0 Å². The van der Waals surface area contributed by atoms with Crippen molar-refractivity contribution >= 4 is 0 Å². The molecule has 72 valence electrons. The highest BCUT2D eigenvalue weighted by molar-refractivity contribution is 5.31. The van der Waals surface area contributed by atoms with Gasteiger partial charge in [0.15, 0.2) is 0 Å². The van der Waals surface area contributed by atoms with E-state index in [0.29, 0.717) is 5.56 Å². The zero-order valence-corrected chi connectivity index (χ0v) is 7.76. The third-order valence-electron chi connectivity index (χ3n) is 2.15. The SMILES string of the molecule is CCc1cccc(F)c1[C@@H](N)CN. The Labute approximate surface area is 77.7 Å². The number of hydrogen-bond donors (Lipinski definition) is 2. The van der Waals surface area contributed by atoms with Gasteiger partial charge in [-0.3, -0.25) is 0 Å². The smallest absolute Gasteiger partial charge is 0.128 e. The minimum absolute atomic E-state index is 0.252. The summed E-state index contributed by atoms with van der Waals surface area (Å²) in [6.07, 6.45) is 0.779. The molecule has 1 atom stereocenters. The Balaban J connectivity index is 3.14. The van der Waals surface area contributed by atoms with Gasteiger partial charge in [-0.1, -0.05) is 19.1 Å². The zero-order valence-electron chi connectivity index (χ0n) is 7.76. The topological polar surface area (TPSA) is 52.0 Å². The predicted molar refractivity (Wildman–Crippen MR) is 51.8 cm³/mol. The van der Waals surface area contributed by atoms with E-state index in [1.807, 2.05) is 13.0 Å². The maximum atomic E-state index is 13.3. The largest absolute Gasteiger partial charge is 0.329 e. The molecule has 1 aromatic carbocycles. The van der Waals surface area contributed by atoms with E-state index in [4.69, 9.17) is 11.5 Å². The van der Waals surface area contributed by atoms with Gasteiger partial charge in [0, 0.05) is 18.2 Å². The van der Waals surface area contributed by atoms with Crippen molar-refractivity contribution in [3.8, 4) is 0 Å². The van der Waals surface area contributed by atoms with E-state index < -0.39 is 6.04 Å². The van der Waals surface area contributed by atoms with Crippen molar-refractivity contribution < 1.29 is 4.39 Å². The van der Waals surface area contributed by atoms with Crippen molar-refractivity contribution in [2.24, 2.45) is 11.5 Å². The van der Waals surface area contributed by atoms with Crippen LogP contribution < -0.4 is 11.5 Å². The number of aryl methyl sites for hydroxylation is 1. The van der Waals surface area contributed by atoms with Crippen LogP contribution in [0.4, 0.5) is 4.39 Å². The van der Waals surface area contributed by atoms with Crippen molar-refractivity contribution in [3.63, 3.8) is 0 Å². The van der Waals surface area contributed by atoms with Crippen LogP contribution in [0.25, 0.3) is 0 Å². The molecular formula is C10H15FN2. The standard InChI is InChI=1S/C10H15FN2/c1-2-7-4-3-5-8(11)10(7)9(13)6-12/h3-5,9H,2,6,12-13H2,1H3/t9-/m0/s1. The molecule has 0 spiro atoms. The van der Waals surface area contributed by atoms with E-state index in [9.17, 15) is 4.39 Å². The van der Waals surface area contributed by atoms with Crippen LogP contribution in [-0.2, 0) is 6.42 Å². The van der Waals surface area contributed by atoms with Gasteiger partial charge in [-0.05, 0) is 18.1 Å². The van der Waals surface area contributed by atoms with Crippen LogP contribution in [0.5, 0.6) is 0 Å². The summed E-state index contributed by atoms with van der Waals surface area (Å²) in [6.45, 7) is 2.25. The van der Waals surface area contributed by atoms with Crippen LogP contribution >= 0.6 is 0 Å². The Morgan fingerprint density at radius 3 is 2.69 bits per heavy atom. The normalized spacial score (nSPS) is 12.9. The molecule has 0 unspecified atom stereocenters. The van der Waals surface area contributed by atoms with Crippen LogP contribution in [0, 0.1) is 5.82 Å². The number of rotatable bonds is 3. The minimum Gasteiger partial charge on any atom is -0.329 e. The first-order chi connectivity index (χ1) is 6.20. The highest BCUT2D eigenvalue weighted by Crippen LogP contribution is 2.19. The molecule has 0 aliphatic carbocycles. The van der Waals surface area contributed by atoms with Crippen molar-refractivity contribution in [2.45, 2.75) is 19.4 Å². The van der Waals surface area contributed by atoms with Gasteiger partial charge in [0.25, 0.3) is 0 Å². The molecule has 4 N–H and O–H groups in total. The maximum Gasteiger partial charge on any atom is 0.128 e. The summed E-state index contributed by atoms with van der Waals surface area (Å²) in [5.74, 6) is -0.252. The molecule has 1 rings (SSSR count). The monoisotopic (exact) mass is 182 g/mol. The Bertz CT molecular complexity index is 286. The quantitative estimate of drug-likeness (QED) is 0.741. The van der Waals surface area contributed by atoms with Crippen LogP contribution in [0.3, 0.4) is 0 Å². The van der Waals surface area contributed by atoms with Crippen molar-refractivity contribution in [1.82, 2.24) is 0 Å². The second-order valence-corrected chi connectivity index (χ2v) is 3.01. The molecule has 0 radical (unpaired) electrons. The summed E-state index contributed by atoms with van der Waals surface area (Å²) in [7, 11) is 0. The first-order valence-electron chi connectivity index (χ1n) is 4.43. The van der Waals surface area contributed by atoms with Crippen molar-refractivity contribution in [2.75, 3.05) is 6.54 Å². The summed E-state index contributed by atoms with van der Waals surface area (Å²) in [5, 5.41) is 0. The van der Waals surface area contributed by atoms with Gasteiger partial charge in [0.05, 0.1) is 0 Å². The summed E-state index contributed by atoms with van der Waals surface area (Å²) in [4.78, 5) is 0. The Hall–Kier alpha value is -0.930. The first-order valence-corrected chi connectivity index (χ1v) is 4.43. The lowest BCUT2D eigenvalue weighted by Crippen LogP contribution is -2.23. The third-order valence-corrected chi connectivity index (χ3v) is 2.15. The minimum atomic E-state index is -0.392. The van der Waals surface area contributed by atoms with Gasteiger partial charge in [-0.2, -0.15) is 0 Å². The number of halogens is 1. The molecule has 0 bridgehead atoms. The highest BCUT2D eigenvalue weighted by Gasteiger charge is 2.12. The lowest BCUT2D eigenvalue weighted by atomic mass is 9.98. The molecule has 3 heteroatoms. The summed E-state index contributed by atoms with van der Waals surface area (Å²) >= 11 is 0. The fourth-order valence-electron chi connectivity index (χ4n) is 1.42. The summed E-state index contributed by atoms with van der Waals surface area (Å²) in [5.41, 5.74) is 12.6. The highest BCUT2D eigenvalue weighted by atomic mass is 19.1. The summed E-state index contributed by atoms with van der Waals surface area (Å²) in [6, 6.07) is 4.61. The molecular weight excluding hydrogens is 167 g/mol. The molecule has 13 heavy (non-hydrogen) atoms. The number of hydrogen-bond acceptors (Lipinski definition) is 2. The van der Waals surface area contributed by atoms with Gasteiger partial charge in [-0.25, -0.2) is 4.39 Å². The van der Waals surface area contributed by atoms with E-state index in [0.717, 1.165) is 12.0 Å². The van der Waals surface area contributed by atoms with Crippen LogP contribution in [0.1, 0.15) is 24.1 Å². The lowest BCUT2D eigenvalue weighted by Gasteiger charge is -2.14. The molecule has 2 nitrogen and oxygen atoms in total. The van der Waals surface area contributed by atoms with E-state index in [-0.39, 0.29) is 12.4 Å².